The molecule has 8 nitrogen and oxygen atoms in total. The lowest BCUT2D eigenvalue weighted by Gasteiger charge is -2.09. The van der Waals surface area contributed by atoms with Gasteiger partial charge in [-0.05, 0) is 54.1 Å². The van der Waals surface area contributed by atoms with Crippen molar-refractivity contribution in [3.05, 3.63) is 91.4 Å². The number of nitrogens with two attached hydrogens (primary N) is 1. The number of hydrogen-bond donors (Lipinski definition) is 3. The molecule has 0 spiro atoms. The first-order valence-electron chi connectivity index (χ1n) is 10.0. The number of nitrogens with zero attached hydrogens (tertiary/aromatic N) is 3. The van der Waals surface area contributed by atoms with Gasteiger partial charge in [0.1, 0.15) is 17.9 Å². The molecule has 5 rings (SSSR count). The highest BCUT2D eigenvalue weighted by Crippen LogP contribution is 2.36. The van der Waals surface area contributed by atoms with Gasteiger partial charge in [0, 0.05) is 23.1 Å². The Kier molecular flexibility index (Phi) is 5.04. The topological polar surface area (TPSA) is 123 Å². The summed E-state index contributed by atoms with van der Waals surface area (Å²) >= 11 is 0. The van der Waals surface area contributed by atoms with Crippen LogP contribution in [0.4, 0.5) is 11.5 Å². The second kappa shape index (κ2) is 8.05. The van der Waals surface area contributed by atoms with Gasteiger partial charge >= 0.3 is 0 Å². The quantitative estimate of drug-likeness (QED) is 0.340. The maximum atomic E-state index is 11.6. The number of primary sulfonamides is 1. The monoisotopic (exact) mass is 457 g/mol. The first kappa shape index (κ1) is 20.7. The number of phenolic OH excluding ortho intramolecular Hbond substituents is 1. The molecule has 0 bridgehead atoms. The van der Waals surface area contributed by atoms with Crippen molar-refractivity contribution in [2.75, 3.05) is 5.32 Å². The molecular weight excluding hydrogens is 438 g/mol. The van der Waals surface area contributed by atoms with Gasteiger partial charge in [-0.2, -0.15) is 0 Å². The van der Waals surface area contributed by atoms with E-state index < -0.39 is 10.0 Å². The average Bonchev–Trinajstić information content (AvgIpc) is 3.21. The molecule has 0 unspecified atom stereocenters. The van der Waals surface area contributed by atoms with Crippen molar-refractivity contribution >= 4 is 32.6 Å². The number of hydrogen-bond acceptors (Lipinski definition) is 6. The summed E-state index contributed by atoms with van der Waals surface area (Å²) in [7, 11) is -3.79. The molecule has 5 aromatic rings. The second-order valence-corrected chi connectivity index (χ2v) is 8.97. The smallest absolute Gasteiger partial charge is 0.238 e. The largest absolute Gasteiger partial charge is 0.508 e. The van der Waals surface area contributed by atoms with Crippen molar-refractivity contribution in [3.8, 4) is 22.6 Å². The lowest BCUT2D eigenvalue weighted by molar-refractivity contribution is 0.475. The Hall–Kier alpha value is -4.21. The minimum atomic E-state index is -3.79. The molecule has 0 radical (unpaired) electrons. The van der Waals surface area contributed by atoms with Crippen molar-refractivity contribution in [3.63, 3.8) is 0 Å². The Morgan fingerprint density at radius 1 is 0.879 bits per heavy atom. The molecule has 3 aromatic carbocycles. The number of rotatable bonds is 5. The number of aromatic nitrogens is 3. The van der Waals surface area contributed by atoms with Gasteiger partial charge in [0.2, 0.25) is 10.0 Å². The van der Waals surface area contributed by atoms with E-state index in [0.29, 0.717) is 11.5 Å². The van der Waals surface area contributed by atoms with Crippen molar-refractivity contribution in [2.45, 2.75) is 4.90 Å². The predicted octanol–water partition coefficient (Wildman–Crippen LogP) is 4.18. The summed E-state index contributed by atoms with van der Waals surface area (Å²) in [5, 5.41) is 18.9. The lowest BCUT2D eigenvalue weighted by atomic mass is 10.1. The molecule has 33 heavy (non-hydrogen) atoms. The molecule has 0 saturated carbocycles. The number of aromatic hydroxyl groups is 1. The maximum absolute atomic E-state index is 11.6. The molecule has 0 amide bonds. The van der Waals surface area contributed by atoms with Crippen molar-refractivity contribution < 1.29 is 13.5 Å². The fourth-order valence-corrected chi connectivity index (χ4v) is 4.18. The van der Waals surface area contributed by atoms with E-state index in [-0.39, 0.29) is 10.6 Å². The summed E-state index contributed by atoms with van der Waals surface area (Å²) in [6.07, 6.45) is 3.41. The van der Waals surface area contributed by atoms with Crippen LogP contribution in [-0.2, 0) is 10.0 Å². The van der Waals surface area contributed by atoms with Crippen LogP contribution in [0.5, 0.6) is 5.75 Å². The number of phenols is 1. The van der Waals surface area contributed by atoms with Crippen LogP contribution in [0.1, 0.15) is 0 Å². The molecule has 0 fully saturated rings. The molecule has 4 N–H and O–H groups in total. The van der Waals surface area contributed by atoms with Gasteiger partial charge in [-0.1, -0.05) is 30.3 Å². The lowest BCUT2D eigenvalue weighted by Crippen LogP contribution is -2.12. The summed E-state index contributed by atoms with van der Waals surface area (Å²) in [5.41, 5.74) is 4.02. The molecular formula is C24H19N5O3S. The molecule has 164 valence electrons. The third-order valence-corrected chi connectivity index (χ3v) is 6.17. The summed E-state index contributed by atoms with van der Waals surface area (Å²) in [5.74, 6) is 0.775. The Labute approximate surface area is 190 Å². The molecule has 2 aromatic heterocycles. The van der Waals surface area contributed by atoms with Gasteiger partial charge in [-0.15, -0.1) is 0 Å². The first-order valence-corrected chi connectivity index (χ1v) is 11.6. The number of fused-ring (bicyclic) bond motifs is 1. The van der Waals surface area contributed by atoms with Crippen molar-refractivity contribution in [1.82, 2.24) is 14.5 Å². The third kappa shape index (κ3) is 4.02. The molecule has 0 atom stereocenters. The minimum absolute atomic E-state index is 0.0373. The van der Waals surface area contributed by atoms with Crippen molar-refractivity contribution in [2.24, 2.45) is 5.14 Å². The highest BCUT2D eigenvalue weighted by molar-refractivity contribution is 7.89. The van der Waals surface area contributed by atoms with Crippen LogP contribution in [0.3, 0.4) is 0 Å². The van der Waals surface area contributed by atoms with Crippen LogP contribution in [-0.4, -0.2) is 28.1 Å². The standard InChI is InChI=1S/C24H19N5O3S/c25-33(31,32)20-12-8-18(9-13-20)29-14-21(16-4-2-1-3-5-16)22-23(26-15-27-24(22)29)28-17-6-10-19(30)11-7-17/h1-15,30H,(H2,25,31,32)(H,26,27,28). The highest BCUT2D eigenvalue weighted by Gasteiger charge is 2.18. The summed E-state index contributed by atoms with van der Waals surface area (Å²) < 4.78 is 25.2. The average molecular weight is 458 g/mol. The van der Waals surface area contributed by atoms with E-state index in [9.17, 15) is 13.5 Å². The van der Waals surface area contributed by atoms with E-state index in [1.54, 1.807) is 36.4 Å². The van der Waals surface area contributed by atoms with Gasteiger partial charge in [0.25, 0.3) is 0 Å². The van der Waals surface area contributed by atoms with Crippen LogP contribution in [0.2, 0.25) is 0 Å². The zero-order valence-corrected chi connectivity index (χ0v) is 18.1. The maximum Gasteiger partial charge on any atom is 0.238 e. The third-order valence-electron chi connectivity index (χ3n) is 5.24. The van der Waals surface area contributed by atoms with E-state index in [4.69, 9.17) is 5.14 Å². The van der Waals surface area contributed by atoms with Crippen LogP contribution < -0.4 is 10.5 Å². The normalized spacial score (nSPS) is 11.5. The van der Waals surface area contributed by atoms with Gasteiger partial charge in [0.15, 0.2) is 5.65 Å². The van der Waals surface area contributed by atoms with Gasteiger partial charge in [0.05, 0.1) is 10.3 Å². The molecule has 0 aliphatic carbocycles. The highest BCUT2D eigenvalue weighted by atomic mass is 32.2. The molecule has 0 aliphatic rings. The Morgan fingerprint density at radius 3 is 2.24 bits per heavy atom. The molecule has 2 heterocycles. The number of nitrogens with one attached hydrogen (secondary N) is 1. The number of anilines is 2. The number of sulfonamides is 1. The SMILES string of the molecule is NS(=O)(=O)c1ccc(-n2cc(-c3ccccc3)c3c(Nc4ccc(O)cc4)ncnc32)cc1. The van der Waals surface area contributed by atoms with Crippen LogP contribution in [0, 0.1) is 0 Å². The molecule has 0 saturated heterocycles. The first-order chi connectivity index (χ1) is 15.9. The van der Waals surface area contributed by atoms with Gasteiger partial charge in [-0.25, -0.2) is 23.5 Å². The Balaban J connectivity index is 1.71. The van der Waals surface area contributed by atoms with Gasteiger partial charge in [-0.3, -0.25) is 0 Å². The summed E-state index contributed by atoms with van der Waals surface area (Å²) in [6.45, 7) is 0. The van der Waals surface area contributed by atoms with E-state index in [0.717, 1.165) is 27.9 Å². The van der Waals surface area contributed by atoms with Crippen LogP contribution in [0.15, 0.2) is 96.3 Å². The Morgan fingerprint density at radius 2 is 1.58 bits per heavy atom. The second-order valence-electron chi connectivity index (χ2n) is 7.41. The Bertz CT molecular complexity index is 1550. The zero-order chi connectivity index (χ0) is 23.0. The van der Waals surface area contributed by atoms with E-state index >= 15 is 0 Å². The fraction of sp³-hybridized carbons (Fsp3) is 0. The predicted molar refractivity (Wildman–Crippen MR) is 127 cm³/mol. The number of benzene rings is 3. The van der Waals surface area contributed by atoms with E-state index in [1.165, 1.54) is 18.5 Å². The summed E-state index contributed by atoms with van der Waals surface area (Å²) in [6, 6.07) is 22.9. The minimum Gasteiger partial charge on any atom is -0.508 e. The van der Waals surface area contributed by atoms with Crippen LogP contribution >= 0.6 is 0 Å². The van der Waals surface area contributed by atoms with E-state index in [2.05, 4.69) is 15.3 Å². The summed E-state index contributed by atoms with van der Waals surface area (Å²) in [4.78, 5) is 9.03. The zero-order valence-electron chi connectivity index (χ0n) is 17.3. The molecule has 9 heteroatoms. The van der Waals surface area contributed by atoms with Gasteiger partial charge < -0.3 is 15.0 Å². The fourth-order valence-electron chi connectivity index (χ4n) is 3.67. The van der Waals surface area contributed by atoms with Crippen molar-refractivity contribution in [1.29, 1.82) is 0 Å². The molecule has 0 aliphatic heterocycles. The van der Waals surface area contributed by atoms with E-state index in [1.807, 2.05) is 41.1 Å². The van der Waals surface area contributed by atoms with Crippen LogP contribution in [0.25, 0.3) is 27.8 Å².